The van der Waals surface area contributed by atoms with Gasteiger partial charge >= 0.3 is 0 Å². The lowest BCUT2D eigenvalue weighted by Crippen LogP contribution is -2.30. The highest BCUT2D eigenvalue weighted by molar-refractivity contribution is 5.43. The van der Waals surface area contributed by atoms with Crippen molar-refractivity contribution in [3.63, 3.8) is 0 Å². The van der Waals surface area contributed by atoms with E-state index in [0.29, 0.717) is 19.8 Å². The Morgan fingerprint density at radius 2 is 2.24 bits per heavy atom. The monoisotopic (exact) mass is 237 g/mol. The number of nitrogens with two attached hydrogens (primary N) is 2. The minimum absolute atomic E-state index is 0.0155. The van der Waals surface area contributed by atoms with Gasteiger partial charge in [0.05, 0.1) is 31.2 Å². The fourth-order valence-corrected chi connectivity index (χ4v) is 1.39. The van der Waals surface area contributed by atoms with Gasteiger partial charge in [-0.1, -0.05) is 0 Å². The molecule has 1 aromatic heterocycles. The number of ether oxygens (including phenoxy) is 1. The number of aromatic nitrogens is 2. The molecule has 0 bridgehead atoms. The fraction of sp³-hybridized carbons (Fsp3) is 0.500. The summed E-state index contributed by atoms with van der Waals surface area (Å²) in [5.74, 6) is 0.0515. The molecule has 0 saturated carbocycles. The number of hydrogen-bond donors (Lipinski definition) is 2. The van der Waals surface area contributed by atoms with Crippen LogP contribution in [0, 0.1) is 11.3 Å². The zero-order chi connectivity index (χ0) is 12.8. The van der Waals surface area contributed by atoms with E-state index in [2.05, 4.69) is 4.98 Å². The third kappa shape index (κ3) is 2.95. The minimum atomic E-state index is -0.378. The van der Waals surface area contributed by atoms with E-state index in [0.717, 1.165) is 0 Å². The van der Waals surface area contributed by atoms with Crippen LogP contribution in [-0.4, -0.2) is 22.8 Å². The molecule has 7 nitrogen and oxygen atoms in total. The number of nitrogens with zero attached hydrogens (tertiary/aromatic N) is 3. The Morgan fingerprint density at radius 3 is 2.82 bits per heavy atom. The highest BCUT2D eigenvalue weighted by Crippen LogP contribution is 2.06. The average molecular weight is 237 g/mol. The predicted octanol–water partition coefficient (Wildman–Crippen LogP) is -0.490. The standard InChI is InChI=1S/C10H15N5O2/c1-2-17-6-5-15-9(16)7(3-4-11)8(12)14-10(15)13/h2-3,5-6,12H2,1H3,(H2,13,14). The van der Waals surface area contributed by atoms with Crippen LogP contribution in [0.3, 0.4) is 0 Å². The molecule has 0 radical (unpaired) electrons. The highest BCUT2D eigenvalue weighted by atomic mass is 16.5. The van der Waals surface area contributed by atoms with Gasteiger partial charge in [0.2, 0.25) is 5.95 Å². The maximum Gasteiger partial charge on any atom is 0.261 e. The van der Waals surface area contributed by atoms with Crippen LogP contribution in [0.1, 0.15) is 12.5 Å². The van der Waals surface area contributed by atoms with Gasteiger partial charge in [-0.3, -0.25) is 9.36 Å². The fourth-order valence-electron chi connectivity index (χ4n) is 1.39. The van der Waals surface area contributed by atoms with Crippen molar-refractivity contribution in [2.24, 2.45) is 0 Å². The summed E-state index contributed by atoms with van der Waals surface area (Å²) < 4.78 is 6.40. The summed E-state index contributed by atoms with van der Waals surface area (Å²) >= 11 is 0. The van der Waals surface area contributed by atoms with E-state index in [1.54, 1.807) is 0 Å². The largest absolute Gasteiger partial charge is 0.383 e. The third-order valence-electron chi connectivity index (χ3n) is 2.24. The van der Waals surface area contributed by atoms with Gasteiger partial charge in [-0.25, -0.2) is 0 Å². The molecule has 1 aromatic rings. The number of rotatable bonds is 5. The molecule has 0 atom stereocenters. The normalized spacial score (nSPS) is 10.1. The van der Waals surface area contributed by atoms with Crippen molar-refractivity contribution >= 4 is 11.8 Å². The minimum Gasteiger partial charge on any atom is -0.383 e. The lowest BCUT2D eigenvalue weighted by atomic mass is 10.2. The Labute approximate surface area is 98.6 Å². The molecule has 0 aliphatic heterocycles. The molecule has 0 aliphatic rings. The summed E-state index contributed by atoms with van der Waals surface area (Å²) in [4.78, 5) is 15.8. The lowest BCUT2D eigenvalue weighted by molar-refractivity contribution is 0.138. The second-order valence-electron chi connectivity index (χ2n) is 3.32. The molecule has 0 aliphatic carbocycles. The van der Waals surface area contributed by atoms with Gasteiger partial charge in [0.25, 0.3) is 5.56 Å². The Kier molecular flexibility index (Phi) is 4.48. The van der Waals surface area contributed by atoms with E-state index < -0.39 is 0 Å². The van der Waals surface area contributed by atoms with Crippen LogP contribution in [0.25, 0.3) is 0 Å². The lowest BCUT2D eigenvalue weighted by Gasteiger charge is -2.11. The Hall–Kier alpha value is -2.07. The van der Waals surface area contributed by atoms with Gasteiger partial charge in [0, 0.05) is 6.61 Å². The van der Waals surface area contributed by atoms with Crippen LogP contribution in [0.4, 0.5) is 11.8 Å². The molecule has 1 rings (SSSR count). The zero-order valence-electron chi connectivity index (χ0n) is 9.64. The summed E-state index contributed by atoms with van der Waals surface area (Å²) in [5, 5.41) is 8.61. The van der Waals surface area contributed by atoms with Crippen LogP contribution in [0.15, 0.2) is 4.79 Å². The van der Waals surface area contributed by atoms with E-state index in [1.165, 1.54) is 4.57 Å². The van der Waals surface area contributed by atoms with Gasteiger partial charge in [-0.05, 0) is 6.92 Å². The Morgan fingerprint density at radius 1 is 1.53 bits per heavy atom. The van der Waals surface area contributed by atoms with Crippen LogP contribution in [0.5, 0.6) is 0 Å². The second kappa shape index (κ2) is 5.86. The van der Waals surface area contributed by atoms with Crippen LogP contribution < -0.4 is 17.0 Å². The molecular weight excluding hydrogens is 222 g/mol. The first-order valence-corrected chi connectivity index (χ1v) is 5.21. The first kappa shape index (κ1) is 13.0. The van der Waals surface area contributed by atoms with E-state index in [4.69, 9.17) is 21.5 Å². The summed E-state index contributed by atoms with van der Waals surface area (Å²) in [6.07, 6.45) is -0.0768. The molecule has 0 aromatic carbocycles. The SMILES string of the molecule is CCOCCn1c(N)nc(N)c(CC#N)c1=O. The van der Waals surface area contributed by atoms with Crippen LogP contribution >= 0.6 is 0 Å². The predicted molar refractivity (Wildman–Crippen MR) is 63.1 cm³/mol. The Balaban J connectivity index is 3.08. The average Bonchev–Trinajstić information content (AvgIpc) is 2.29. The van der Waals surface area contributed by atoms with Crippen molar-refractivity contribution in [2.45, 2.75) is 19.9 Å². The highest BCUT2D eigenvalue weighted by Gasteiger charge is 2.12. The molecule has 1 heterocycles. The number of nitrogen functional groups attached to an aromatic ring is 2. The van der Waals surface area contributed by atoms with Gasteiger partial charge in [-0.2, -0.15) is 10.2 Å². The van der Waals surface area contributed by atoms with Gasteiger partial charge in [-0.15, -0.1) is 0 Å². The molecule has 0 fully saturated rings. The molecule has 4 N–H and O–H groups in total. The molecule has 0 unspecified atom stereocenters. The van der Waals surface area contributed by atoms with E-state index in [9.17, 15) is 4.79 Å². The number of hydrogen-bond acceptors (Lipinski definition) is 6. The molecule has 0 saturated heterocycles. The summed E-state index contributed by atoms with van der Waals surface area (Å²) in [6.45, 7) is 3.07. The van der Waals surface area contributed by atoms with E-state index >= 15 is 0 Å². The van der Waals surface area contributed by atoms with Crippen molar-refractivity contribution < 1.29 is 4.74 Å². The molecule has 17 heavy (non-hydrogen) atoms. The second-order valence-corrected chi connectivity index (χ2v) is 3.32. The van der Waals surface area contributed by atoms with Crippen LogP contribution in [0.2, 0.25) is 0 Å². The van der Waals surface area contributed by atoms with Gasteiger partial charge in [0.1, 0.15) is 5.82 Å². The molecule has 0 amide bonds. The summed E-state index contributed by atoms with van der Waals surface area (Å²) in [7, 11) is 0. The van der Waals surface area contributed by atoms with Crippen LogP contribution in [-0.2, 0) is 17.7 Å². The molecular formula is C10H15N5O2. The number of anilines is 2. The van der Waals surface area contributed by atoms with Crippen molar-refractivity contribution in [1.82, 2.24) is 9.55 Å². The zero-order valence-corrected chi connectivity index (χ0v) is 9.64. The number of nitriles is 1. The third-order valence-corrected chi connectivity index (χ3v) is 2.24. The maximum atomic E-state index is 12.0. The summed E-state index contributed by atoms with van der Waals surface area (Å²) in [6, 6.07) is 1.87. The quantitative estimate of drug-likeness (QED) is 0.667. The van der Waals surface area contributed by atoms with Crippen molar-refractivity contribution in [3.05, 3.63) is 15.9 Å². The Bertz CT molecular complexity index is 489. The topological polar surface area (TPSA) is 120 Å². The maximum absolute atomic E-state index is 12.0. The van der Waals surface area contributed by atoms with E-state index in [-0.39, 0.29) is 29.3 Å². The van der Waals surface area contributed by atoms with Crippen molar-refractivity contribution in [2.75, 3.05) is 24.7 Å². The molecule has 0 spiro atoms. The van der Waals surface area contributed by atoms with Gasteiger partial charge < -0.3 is 16.2 Å². The first-order chi connectivity index (χ1) is 8.11. The first-order valence-electron chi connectivity index (χ1n) is 5.21. The van der Waals surface area contributed by atoms with Crippen molar-refractivity contribution in [1.29, 1.82) is 5.26 Å². The van der Waals surface area contributed by atoms with E-state index in [1.807, 2.05) is 13.0 Å². The van der Waals surface area contributed by atoms with Crippen molar-refractivity contribution in [3.8, 4) is 6.07 Å². The summed E-state index contributed by atoms with van der Waals surface area (Å²) in [5.41, 5.74) is 10.9. The molecule has 92 valence electrons. The van der Waals surface area contributed by atoms with Gasteiger partial charge in [0.15, 0.2) is 0 Å². The molecule has 7 heteroatoms. The smallest absolute Gasteiger partial charge is 0.261 e.